The average molecular weight is 397 g/mol. The summed E-state index contributed by atoms with van der Waals surface area (Å²) in [4.78, 5) is 29.2. The number of hydrogen-bond donors (Lipinski definition) is 2. The minimum atomic E-state index is -0.412. The largest absolute Gasteiger partial charge is 0.394 e. The summed E-state index contributed by atoms with van der Waals surface area (Å²) in [5, 5.41) is 12.9. The molecule has 0 aliphatic carbocycles. The van der Waals surface area contributed by atoms with Crippen LogP contribution in [0.3, 0.4) is 0 Å². The van der Waals surface area contributed by atoms with Gasteiger partial charge in [0.2, 0.25) is 0 Å². The Kier molecular flexibility index (Phi) is 5.00. The summed E-state index contributed by atoms with van der Waals surface area (Å²) in [7, 11) is 0. The zero-order chi connectivity index (χ0) is 20.7. The van der Waals surface area contributed by atoms with Crippen LogP contribution in [0.1, 0.15) is 35.7 Å². The van der Waals surface area contributed by atoms with E-state index in [2.05, 4.69) is 5.32 Å². The molecule has 1 saturated heterocycles. The van der Waals surface area contributed by atoms with Crippen molar-refractivity contribution in [3.63, 3.8) is 0 Å². The molecule has 2 aromatic carbocycles. The molecule has 0 radical (unpaired) electrons. The zero-order valence-corrected chi connectivity index (χ0v) is 16.4. The van der Waals surface area contributed by atoms with E-state index < -0.39 is 5.82 Å². The van der Waals surface area contributed by atoms with Gasteiger partial charge in [-0.2, -0.15) is 0 Å². The Bertz CT molecular complexity index is 931. The topological polar surface area (TPSA) is 72.9 Å². The van der Waals surface area contributed by atoms with Crippen LogP contribution in [0, 0.1) is 5.82 Å². The second kappa shape index (κ2) is 7.48. The van der Waals surface area contributed by atoms with Gasteiger partial charge in [-0.1, -0.05) is 18.2 Å². The van der Waals surface area contributed by atoms with Gasteiger partial charge in [-0.25, -0.2) is 9.18 Å². The number of nitrogens with one attached hydrogen (secondary N) is 1. The Morgan fingerprint density at radius 3 is 2.52 bits per heavy atom. The second-order valence-corrected chi connectivity index (χ2v) is 7.84. The number of amides is 3. The molecule has 6 nitrogen and oxygen atoms in total. The number of rotatable bonds is 3. The maximum Gasteiger partial charge on any atom is 0.322 e. The lowest BCUT2D eigenvalue weighted by atomic mass is 9.71. The Labute approximate surface area is 168 Å². The number of fused-ring (bicyclic) bond motifs is 3. The Hall–Kier alpha value is -2.93. The van der Waals surface area contributed by atoms with Crippen molar-refractivity contribution in [3.8, 4) is 0 Å². The molecule has 0 aromatic heterocycles. The van der Waals surface area contributed by atoms with Crippen molar-refractivity contribution < 1.29 is 19.1 Å². The van der Waals surface area contributed by atoms with Crippen LogP contribution in [0.4, 0.5) is 14.9 Å². The van der Waals surface area contributed by atoms with Gasteiger partial charge in [0.1, 0.15) is 5.82 Å². The average Bonchev–Trinajstić information content (AvgIpc) is 2.68. The molecule has 2 aromatic rings. The second-order valence-electron chi connectivity index (χ2n) is 7.84. The molecule has 2 heterocycles. The molecular formula is C22H24FN3O3. The van der Waals surface area contributed by atoms with Gasteiger partial charge in [0.15, 0.2) is 0 Å². The molecule has 0 spiro atoms. The number of nitrogens with zero attached hydrogens (tertiary/aromatic N) is 2. The number of aliphatic hydroxyl groups is 1. The number of aliphatic hydroxyl groups excluding tert-OH is 1. The molecule has 3 atom stereocenters. The summed E-state index contributed by atoms with van der Waals surface area (Å²) in [5.41, 5.74) is 2.12. The fraction of sp³-hybridized carbons (Fsp3) is 0.364. The molecule has 0 saturated carbocycles. The fourth-order valence-corrected chi connectivity index (χ4v) is 4.43. The number of carbonyl (C=O) groups excluding carboxylic acids is 2. The summed E-state index contributed by atoms with van der Waals surface area (Å²) < 4.78 is 13.3. The highest BCUT2D eigenvalue weighted by atomic mass is 19.1. The third kappa shape index (κ3) is 3.25. The molecular weight excluding hydrogens is 373 g/mol. The van der Waals surface area contributed by atoms with Crippen LogP contribution in [0.25, 0.3) is 0 Å². The predicted molar refractivity (Wildman–Crippen MR) is 107 cm³/mol. The Morgan fingerprint density at radius 2 is 1.86 bits per heavy atom. The number of hydrogen-bond acceptors (Lipinski definition) is 3. The van der Waals surface area contributed by atoms with E-state index in [9.17, 15) is 19.1 Å². The summed E-state index contributed by atoms with van der Waals surface area (Å²) in [5.74, 6) is -0.734. The highest BCUT2D eigenvalue weighted by Gasteiger charge is 2.55. The van der Waals surface area contributed by atoms with Crippen molar-refractivity contribution in [2.24, 2.45) is 0 Å². The lowest BCUT2D eigenvalue weighted by Crippen LogP contribution is -2.71. The Morgan fingerprint density at radius 1 is 1.17 bits per heavy atom. The standard InChI is InChI=1S/C22H24FN3O3/c1-13(2)24-22(29)25-11-18-20(16-5-3-4-6-17(16)25)19(12-27)26(18)21(28)14-7-9-15(23)10-8-14/h3-10,13,18-20,27H,11-12H2,1-2H3,(H,24,29)/t18-,19-,20+/m1/s1. The first-order valence-electron chi connectivity index (χ1n) is 9.78. The van der Waals surface area contributed by atoms with Crippen LogP contribution < -0.4 is 10.2 Å². The first-order valence-corrected chi connectivity index (χ1v) is 9.78. The summed E-state index contributed by atoms with van der Waals surface area (Å²) in [6.45, 7) is 3.95. The minimum Gasteiger partial charge on any atom is -0.394 e. The molecule has 2 aliphatic heterocycles. The van der Waals surface area contributed by atoms with Crippen molar-refractivity contribution in [2.75, 3.05) is 18.1 Å². The summed E-state index contributed by atoms with van der Waals surface area (Å²) in [6.07, 6.45) is 0. The molecule has 3 amide bonds. The third-order valence-electron chi connectivity index (χ3n) is 5.67. The van der Waals surface area contributed by atoms with Gasteiger partial charge >= 0.3 is 6.03 Å². The van der Waals surface area contributed by atoms with Crippen molar-refractivity contribution >= 4 is 17.6 Å². The molecule has 7 heteroatoms. The van der Waals surface area contributed by atoms with Crippen LogP contribution in [0.15, 0.2) is 48.5 Å². The lowest BCUT2D eigenvalue weighted by molar-refractivity contribution is -0.0242. The van der Waals surface area contributed by atoms with E-state index >= 15 is 0 Å². The number of para-hydroxylation sites is 1. The first kappa shape index (κ1) is 19.4. The number of halogens is 1. The quantitative estimate of drug-likeness (QED) is 0.837. The monoisotopic (exact) mass is 397 g/mol. The first-order chi connectivity index (χ1) is 13.9. The van der Waals surface area contributed by atoms with E-state index in [4.69, 9.17) is 0 Å². The highest BCUT2D eigenvalue weighted by Crippen LogP contribution is 2.48. The molecule has 0 unspecified atom stereocenters. The molecule has 4 rings (SSSR count). The molecule has 152 valence electrons. The molecule has 2 aliphatic rings. The van der Waals surface area contributed by atoms with E-state index in [0.717, 1.165) is 11.3 Å². The van der Waals surface area contributed by atoms with E-state index in [1.807, 2.05) is 38.1 Å². The van der Waals surface area contributed by atoms with Gasteiger partial charge in [-0.15, -0.1) is 0 Å². The lowest BCUT2D eigenvalue weighted by Gasteiger charge is -2.58. The third-order valence-corrected chi connectivity index (χ3v) is 5.67. The van der Waals surface area contributed by atoms with Crippen LogP contribution in [-0.4, -0.2) is 53.2 Å². The van der Waals surface area contributed by atoms with Gasteiger partial charge in [-0.05, 0) is 49.7 Å². The van der Waals surface area contributed by atoms with Gasteiger partial charge < -0.3 is 15.3 Å². The van der Waals surface area contributed by atoms with Crippen LogP contribution in [0.5, 0.6) is 0 Å². The van der Waals surface area contributed by atoms with Crippen molar-refractivity contribution in [2.45, 2.75) is 37.9 Å². The number of carbonyl (C=O) groups is 2. The molecule has 2 N–H and O–H groups in total. The highest BCUT2D eigenvalue weighted by molar-refractivity contribution is 5.98. The van der Waals surface area contributed by atoms with Crippen LogP contribution in [-0.2, 0) is 0 Å². The zero-order valence-electron chi connectivity index (χ0n) is 16.4. The SMILES string of the molecule is CC(C)NC(=O)N1C[C@@H]2[C@H](c3ccccc31)[C@@H](CO)N2C(=O)c1ccc(F)cc1. The molecule has 29 heavy (non-hydrogen) atoms. The van der Waals surface area contributed by atoms with Gasteiger partial charge in [0.05, 0.1) is 18.7 Å². The molecule has 1 fully saturated rings. The van der Waals surface area contributed by atoms with Crippen molar-refractivity contribution in [1.29, 1.82) is 0 Å². The maximum absolute atomic E-state index is 13.3. The molecule has 0 bridgehead atoms. The van der Waals surface area contributed by atoms with Crippen LogP contribution in [0.2, 0.25) is 0 Å². The Balaban J connectivity index is 1.68. The number of benzene rings is 2. The maximum atomic E-state index is 13.3. The van der Waals surface area contributed by atoms with E-state index in [0.29, 0.717) is 12.1 Å². The van der Waals surface area contributed by atoms with Crippen molar-refractivity contribution in [3.05, 3.63) is 65.5 Å². The summed E-state index contributed by atoms with van der Waals surface area (Å²) >= 11 is 0. The summed E-state index contributed by atoms with van der Waals surface area (Å²) in [6, 6.07) is 12.1. The van der Waals surface area contributed by atoms with Crippen LogP contribution >= 0.6 is 0 Å². The fourth-order valence-electron chi connectivity index (χ4n) is 4.43. The van der Waals surface area contributed by atoms with Gasteiger partial charge in [0, 0.05) is 29.8 Å². The minimum absolute atomic E-state index is 0.0177. The van der Waals surface area contributed by atoms with E-state index in [1.165, 1.54) is 24.3 Å². The van der Waals surface area contributed by atoms with E-state index in [-0.39, 0.29) is 42.6 Å². The predicted octanol–water partition coefficient (Wildman–Crippen LogP) is 2.73. The van der Waals surface area contributed by atoms with E-state index in [1.54, 1.807) is 9.80 Å². The smallest absolute Gasteiger partial charge is 0.322 e. The number of anilines is 1. The number of urea groups is 1. The van der Waals surface area contributed by atoms with Gasteiger partial charge in [-0.3, -0.25) is 9.69 Å². The number of likely N-dealkylation sites (tertiary alicyclic amines) is 1. The normalized spacial score (nSPS) is 22.6. The van der Waals surface area contributed by atoms with Gasteiger partial charge in [0.25, 0.3) is 5.91 Å². The van der Waals surface area contributed by atoms with Crippen molar-refractivity contribution in [1.82, 2.24) is 10.2 Å².